The average Bonchev–Trinajstić information content (AvgIpc) is 3.39. The second kappa shape index (κ2) is 11.4. The first-order valence-electron chi connectivity index (χ1n) is 11.8. The standard InChI is InChI=1S/C26H33N5OS/c1-3-30(4-2)26(32)21-10-8-20(9-11-21)25(31-15-12-27-13-16-31)22-6-5-7-23(18-22)29-19-24-28-14-17-33-24/h5-11,14,17-18,25,27,29H,3-4,12-13,15-16,19H2,1-2H3/t25-/m1/s1. The third kappa shape index (κ3) is 5.79. The predicted octanol–water partition coefficient (Wildman–Crippen LogP) is 4.23. The molecule has 0 saturated carbocycles. The van der Waals surface area contributed by atoms with E-state index in [0.717, 1.165) is 62.1 Å². The number of anilines is 1. The van der Waals surface area contributed by atoms with Crippen molar-refractivity contribution in [2.24, 2.45) is 0 Å². The molecular formula is C26H33N5OS. The summed E-state index contributed by atoms with van der Waals surface area (Å²) < 4.78 is 0. The maximum atomic E-state index is 12.8. The van der Waals surface area contributed by atoms with E-state index >= 15 is 0 Å². The summed E-state index contributed by atoms with van der Waals surface area (Å²) in [5, 5.41) is 10.1. The lowest BCUT2D eigenvalue weighted by Gasteiger charge is -2.36. The molecule has 1 fully saturated rings. The van der Waals surface area contributed by atoms with E-state index in [1.807, 2.05) is 42.5 Å². The molecule has 2 aromatic carbocycles. The first-order valence-corrected chi connectivity index (χ1v) is 12.6. The fraction of sp³-hybridized carbons (Fsp3) is 0.385. The number of carbonyl (C=O) groups is 1. The minimum Gasteiger partial charge on any atom is -0.379 e. The molecule has 6 nitrogen and oxygen atoms in total. The number of piperazine rings is 1. The van der Waals surface area contributed by atoms with Crippen molar-refractivity contribution >= 4 is 22.9 Å². The highest BCUT2D eigenvalue weighted by atomic mass is 32.1. The lowest BCUT2D eigenvalue weighted by atomic mass is 9.95. The molecule has 1 aliphatic heterocycles. The maximum absolute atomic E-state index is 12.8. The zero-order valence-electron chi connectivity index (χ0n) is 19.5. The molecule has 3 aromatic rings. The van der Waals surface area contributed by atoms with Gasteiger partial charge in [-0.1, -0.05) is 24.3 Å². The molecule has 0 unspecified atom stereocenters. The summed E-state index contributed by atoms with van der Waals surface area (Å²) in [5.41, 5.74) is 4.31. The quantitative estimate of drug-likeness (QED) is 0.497. The van der Waals surface area contributed by atoms with E-state index in [4.69, 9.17) is 0 Å². The Balaban J connectivity index is 1.59. The summed E-state index contributed by atoms with van der Waals surface area (Å²) in [6.07, 6.45) is 1.84. The Hall–Kier alpha value is -2.74. The van der Waals surface area contributed by atoms with Gasteiger partial charge >= 0.3 is 0 Å². The van der Waals surface area contributed by atoms with Crippen molar-refractivity contribution in [2.45, 2.75) is 26.4 Å². The lowest BCUT2D eigenvalue weighted by Crippen LogP contribution is -2.45. The number of benzene rings is 2. The van der Waals surface area contributed by atoms with Crippen molar-refractivity contribution in [3.05, 3.63) is 81.8 Å². The van der Waals surface area contributed by atoms with Crippen LogP contribution in [-0.4, -0.2) is 60.0 Å². The highest BCUT2D eigenvalue weighted by Crippen LogP contribution is 2.31. The second-order valence-corrected chi connectivity index (χ2v) is 9.17. The molecule has 0 spiro atoms. The number of nitrogens with zero attached hydrogens (tertiary/aromatic N) is 3. The van der Waals surface area contributed by atoms with Gasteiger partial charge in [-0.25, -0.2) is 4.98 Å². The molecule has 1 atom stereocenters. The number of rotatable bonds is 9. The van der Waals surface area contributed by atoms with Crippen molar-refractivity contribution in [3.8, 4) is 0 Å². The monoisotopic (exact) mass is 463 g/mol. The van der Waals surface area contributed by atoms with E-state index < -0.39 is 0 Å². The third-order valence-corrected chi connectivity index (χ3v) is 6.95. The first-order chi connectivity index (χ1) is 16.2. The molecule has 1 aromatic heterocycles. The Morgan fingerprint density at radius 1 is 1.12 bits per heavy atom. The molecule has 7 heteroatoms. The smallest absolute Gasteiger partial charge is 0.253 e. The number of hydrogen-bond acceptors (Lipinski definition) is 6. The van der Waals surface area contributed by atoms with E-state index in [-0.39, 0.29) is 11.9 Å². The van der Waals surface area contributed by atoms with Crippen molar-refractivity contribution in [1.82, 2.24) is 20.1 Å². The summed E-state index contributed by atoms with van der Waals surface area (Å²) in [6.45, 7) is 10.2. The fourth-order valence-electron chi connectivity index (χ4n) is 4.39. The molecule has 174 valence electrons. The van der Waals surface area contributed by atoms with Crippen LogP contribution in [0.3, 0.4) is 0 Å². The number of carbonyl (C=O) groups excluding carboxylic acids is 1. The van der Waals surface area contributed by atoms with Crippen LogP contribution in [0.2, 0.25) is 0 Å². The summed E-state index contributed by atoms with van der Waals surface area (Å²) in [5.74, 6) is 0.0960. The van der Waals surface area contributed by atoms with Gasteiger partial charge in [-0.2, -0.15) is 0 Å². The van der Waals surface area contributed by atoms with Crippen LogP contribution in [0.5, 0.6) is 0 Å². The van der Waals surface area contributed by atoms with Gasteiger partial charge in [-0.05, 0) is 49.2 Å². The van der Waals surface area contributed by atoms with Crippen LogP contribution in [0.4, 0.5) is 5.69 Å². The van der Waals surface area contributed by atoms with Crippen LogP contribution >= 0.6 is 11.3 Å². The van der Waals surface area contributed by atoms with Crippen LogP contribution in [0.1, 0.15) is 46.4 Å². The van der Waals surface area contributed by atoms with Crippen molar-refractivity contribution in [1.29, 1.82) is 0 Å². The van der Waals surface area contributed by atoms with Crippen molar-refractivity contribution in [2.75, 3.05) is 44.6 Å². The van der Waals surface area contributed by atoms with Gasteiger partial charge in [0.05, 0.1) is 12.6 Å². The SMILES string of the molecule is CCN(CC)C(=O)c1ccc([C@H](c2cccc(NCc3nccs3)c2)N2CCNCC2)cc1. The van der Waals surface area contributed by atoms with Gasteiger partial charge in [0.1, 0.15) is 5.01 Å². The lowest BCUT2D eigenvalue weighted by molar-refractivity contribution is 0.0773. The number of aromatic nitrogens is 1. The molecule has 33 heavy (non-hydrogen) atoms. The van der Waals surface area contributed by atoms with E-state index in [2.05, 4.69) is 56.9 Å². The van der Waals surface area contributed by atoms with Crippen LogP contribution in [0, 0.1) is 0 Å². The maximum Gasteiger partial charge on any atom is 0.253 e. The Kier molecular flexibility index (Phi) is 8.10. The van der Waals surface area contributed by atoms with E-state index in [1.54, 1.807) is 11.3 Å². The van der Waals surface area contributed by atoms with Crippen LogP contribution in [-0.2, 0) is 6.54 Å². The highest BCUT2D eigenvalue weighted by Gasteiger charge is 2.24. The van der Waals surface area contributed by atoms with Gasteiger partial charge in [0.25, 0.3) is 5.91 Å². The largest absolute Gasteiger partial charge is 0.379 e. The van der Waals surface area contributed by atoms with Gasteiger partial charge in [-0.3, -0.25) is 9.69 Å². The summed E-state index contributed by atoms with van der Waals surface area (Å²) >= 11 is 1.66. The van der Waals surface area contributed by atoms with Gasteiger partial charge in [0, 0.05) is 62.1 Å². The Labute approximate surface area is 200 Å². The first kappa shape index (κ1) is 23.4. The molecule has 1 aliphatic rings. The van der Waals surface area contributed by atoms with Crippen molar-refractivity contribution < 1.29 is 4.79 Å². The Morgan fingerprint density at radius 3 is 2.55 bits per heavy atom. The highest BCUT2D eigenvalue weighted by molar-refractivity contribution is 7.09. The zero-order valence-corrected chi connectivity index (χ0v) is 20.3. The molecule has 2 N–H and O–H groups in total. The summed E-state index contributed by atoms with van der Waals surface area (Å²) in [7, 11) is 0. The Bertz CT molecular complexity index is 1010. The molecule has 0 bridgehead atoms. The van der Waals surface area contributed by atoms with Crippen LogP contribution < -0.4 is 10.6 Å². The molecule has 1 saturated heterocycles. The summed E-state index contributed by atoms with van der Waals surface area (Å²) in [6, 6.07) is 17.0. The molecule has 4 rings (SSSR count). The van der Waals surface area contributed by atoms with E-state index in [9.17, 15) is 4.79 Å². The minimum absolute atomic E-state index is 0.0960. The normalized spacial score (nSPS) is 15.2. The van der Waals surface area contributed by atoms with E-state index in [0.29, 0.717) is 0 Å². The van der Waals surface area contributed by atoms with Gasteiger partial charge < -0.3 is 15.5 Å². The number of amides is 1. The van der Waals surface area contributed by atoms with Crippen LogP contribution in [0.25, 0.3) is 0 Å². The van der Waals surface area contributed by atoms with Gasteiger partial charge in [-0.15, -0.1) is 11.3 Å². The van der Waals surface area contributed by atoms with Crippen LogP contribution in [0.15, 0.2) is 60.1 Å². The van der Waals surface area contributed by atoms with Crippen molar-refractivity contribution in [3.63, 3.8) is 0 Å². The molecule has 0 radical (unpaired) electrons. The molecule has 0 aliphatic carbocycles. The third-order valence-electron chi connectivity index (χ3n) is 6.17. The Morgan fingerprint density at radius 2 is 1.88 bits per heavy atom. The average molecular weight is 464 g/mol. The van der Waals surface area contributed by atoms with Gasteiger partial charge in [0.2, 0.25) is 0 Å². The number of nitrogens with one attached hydrogen (secondary N) is 2. The topological polar surface area (TPSA) is 60.5 Å². The molecular weight excluding hydrogens is 430 g/mol. The molecule has 1 amide bonds. The van der Waals surface area contributed by atoms with Gasteiger partial charge in [0.15, 0.2) is 0 Å². The fourth-order valence-corrected chi connectivity index (χ4v) is 4.95. The zero-order chi connectivity index (χ0) is 23.0. The number of hydrogen-bond donors (Lipinski definition) is 2. The molecule has 2 heterocycles. The number of thiazole rings is 1. The summed E-state index contributed by atoms with van der Waals surface area (Å²) in [4.78, 5) is 21.5. The minimum atomic E-state index is 0.0960. The predicted molar refractivity (Wildman–Crippen MR) is 136 cm³/mol. The van der Waals surface area contributed by atoms with E-state index in [1.165, 1.54) is 11.1 Å². The second-order valence-electron chi connectivity index (χ2n) is 8.19.